The van der Waals surface area contributed by atoms with Crippen molar-refractivity contribution in [3.63, 3.8) is 0 Å². The molecule has 2 heterocycles. The summed E-state index contributed by atoms with van der Waals surface area (Å²) in [4.78, 5) is 15.6. The molecule has 0 unspecified atom stereocenters. The fourth-order valence-corrected chi connectivity index (χ4v) is 4.34. The minimum atomic E-state index is -0.255. The highest BCUT2D eigenvalue weighted by Crippen LogP contribution is 2.41. The topological polar surface area (TPSA) is 78.2 Å². The van der Waals surface area contributed by atoms with E-state index in [0.29, 0.717) is 6.54 Å². The van der Waals surface area contributed by atoms with Crippen LogP contribution in [-0.4, -0.2) is 53.7 Å². The quantitative estimate of drug-likeness (QED) is 0.575. The summed E-state index contributed by atoms with van der Waals surface area (Å²) >= 11 is 0. The summed E-state index contributed by atoms with van der Waals surface area (Å²) in [6, 6.07) is 17.1. The number of H-pyrrole nitrogens is 1. The van der Waals surface area contributed by atoms with Crippen LogP contribution >= 0.6 is 0 Å². The van der Waals surface area contributed by atoms with Gasteiger partial charge in [-0.05, 0) is 17.7 Å². The van der Waals surface area contributed by atoms with Gasteiger partial charge in [-0.3, -0.25) is 14.8 Å². The number of aromatic nitrogens is 2. The van der Waals surface area contributed by atoms with Crippen LogP contribution in [0.1, 0.15) is 11.1 Å². The van der Waals surface area contributed by atoms with E-state index in [4.69, 9.17) is 5.73 Å². The van der Waals surface area contributed by atoms with Gasteiger partial charge in [0, 0.05) is 55.0 Å². The number of piperazine rings is 1. The van der Waals surface area contributed by atoms with Gasteiger partial charge in [-0.25, -0.2) is 0 Å². The number of hydrogen-bond donors (Lipinski definition) is 2. The minimum absolute atomic E-state index is 0.255. The molecular formula is C22H23N5O. The summed E-state index contributed by atoms with van der Waals surface area (Å²) in [5.74, 6) is -0.255. The van der Waals surface area contributed by atoms with Gasteiger partial charge in [-0.15, -0.1) is 0 Å². The molecule has 0 radical (unpaired) electrons. The summed E-state index contributed by atoms with van der Waals surface area (Å²) in [7, 11) is 0. The highest BCUT2D eigenvalue weighted by molar-refractivity contribution is 5.82. The number of benzene rings is 2. The van der Waals surface area contributed by atoms with Crippen molar-refractivity contribution in [2.24, 2.45) is 5.73 Å². The molecule has 28 heavy (non-hydrogen) atoms. The van der Waals surface area contributed by atoms with E-state index in [2.05, 4.69) is 62.5 Å². The molecule has 1 amide bonds. The first-order valence-corrected chi connectivity index (χ1v) is 9.70. The minimum Gasteiger partial charge on any atom is -0.369 e. The lowest BCUT2D eigenvalue weighted by Crippen LogP contribution is -2.48. The normalized spacial score (nSPS) is 16.1. The molecule has 2 aromatic carbocycles. The molecule has 0 bridgehead atoms. The van der Waals surface area contributed by atoms with E-state index in [0.717, 1.165) is 49.6 Å². The van der Waals surface area contributed by atoms with Crippen LogP contribution in [0.15, 0.2) is 48.5 Å². The molecule has 0 saturated carbocycles. The first-order valence-electron chi connectivity index (χ1n) is 9.70. The number of carbonyl (C=O) groups excluding carboxylic acids is 1. The Morgan fingerprint density at radius 2 is 1.86 bits per heavy atom. The maximum absolute atomic E-state index is 11.1. The van der Waals surface area contributed by atoms with Crippen molar-refractivity contribution in [1.82, 2.24) is 15.1 Å². The Kier molecular flexibility index (Phi) is 4.13. The van der Waals surface area contributed by atoms with Crippen molar-refractivity contribution >= 4 is 11.6 Å². The van der Waals surface area contributed by atoms with Gasteiger partial charge in [0.2, 0.25) is 5.91 Å². The van der Waals surface area contributed by atoms with Crippen LogP contribution in [0.3, 0.4) is 0 Å². The SMILES string of the molecule is NC(=O)CN1CCN(c2ccc3c(c2)Cc2c(-c4ccccc4)n[nH]c2-3)CC1. The number of fused-ring (bicyclic) bond motifs is 3. The molecule has 1 aliphatic heterocycles. The maximum atomic E-state index is 11.1. The molecule has 2 aliphatic rings. The third kappa shape index (κ3) is 2.96. The fraction of sp³-hybridized carbons (Fsp3) is 0.273. The van der Waals surface area contributed by atoms with Gasteiger partial charge in [-0.1, -0.05) is 36.4 Å². The lowest BCUT2D eigenvalue weighted by atomic mass is 10.1. The van der Waals surface area contributed by atoms with Gasteiger partial charge >= 0.3 is 0 Å². The Morgan fingerprint density at radius 3 is 2.61 bits per heavy atom. The van der Waals surface area contributed by atoms with Crippen molar-refractivity contribution in [2.45, 2.75) is 6.42 Å². The van der Waals surface area contributed by atoms with Crippen molar-refractivity contribution in [1.29, 1.82) is 0 Å². The molecule has 142 valence electrons. The fourth-order valence-electron chi connectivity index (χ4n) is 4.34. The molecule has 6 heteroatoms. The summed E-state index contributed by atoms with van der Waals surface area (Å²) in [5.41, 5.74) is 13.8. The van der Waals surface area contributed by atoms with Crippen LogP contribution in [0.25, 0.3) is 22.5 Å². The molecule has 1 aliphatic carbocycles. The molecule has 3 aromatic rings. The Bertz CT molecular complexity index is 1020. The van der Waals surface area contributed by atoms with Crippen LogP contribution < -0.4 is 10.6 Å². The second-order valence-corrected chi connectivity index (χ2v) is 7.54. The molecule has 6 nitrogen and oxygen atoms in total. The number of nitrogens with zero attached hydrogens (tertiary/aromatic N) is 3. The summed E-state index contributed by atoms with van der Waals surface area (Å²) in [6.45, 7) is 3.90. The average molecular weight is 373 g/mol. The predicted molar refractivity (Wildman–Crippen MR) is 110 cm³/mol. The van der Waals surface area contributed by atoms with E-state index in [1.165, 1.54) is 22.4 Å². The number of nitrogens with one attached hydrogen (secondary N) is 1. The predicted octanol–water partition coefficient (Wildman–Crippen LogP) is 2.26. The lowest BCUT2D eigenvalue weighted by molar-refractivity contribution is -0.119. The Balaban J connectivity index is 1.36. The Labute approximate surface area is 164 Å². The Morgan fingerprint density at radius 1 is 1.07 bits per heavy atom. The second kappa shape index (κ2) is 6.80. The van der Waals surface area contributed by atoms with Crippen LogP contribution in [0.4, 0.5) is 5.69 Å². The first-order chi connectivity index (χ1) is 13.7. The molecule has 3 N–H and O–H groups in total. The summed E-state index contributed by atoms with van der Waals surface area (Å²) in [6.07, 6.45) is 0.904. The monoisotopic (exact) mass is 373 g/mol. The van der Waals surface area contributed by atoms with Crippen LogP contribution in [0.2, 0.25) is 0 Å². The van der Waals surface area contributed by atoms with Gasteiger partial charge in [0.15, 0.2) is 0 Å². The zero-order chi connectivity index (χ0) is 19.1. The highest BCUT2D eigenvalue weighted by Gasteiger charge is 2.26. The van der Waals surface area contributed by atoms with E-state index in [1.807, 2.05) is 6.07 Å². The van der Waals surface area contributed by atoms with Crippen molar-refractivity contribution < 1.29 is 4.79 Å². The Hall–Kier alpha value is -3.12. The first kappa shape index (κ1) is 17.0. The third-order valence-electron chi connectivity index (χ3n) is 5.76. The molecule has 1 aromatic heterocycles. The van der Waals surface area contributed by atoms with Crippen LogP contribution in [-0.2, 0) is 11.2 Å². The molecule has 0 spiro atoms. The summed E-state index contributed by atoms with van der Waals surface area (Å²) < 4.78 is 0. The lowest BCUT2D eigenvalue weighted by Gasteiger charge is -2.35. The van der Waals surface area contributed by atoms with Gasteiger partial charge in [0.1, 0.15) is 0 Å². The third-order valence-corrected chi connectivity index (χ3v) is 5.76. The number of hydrogen-bond acceptors (Lipinski definition) is 4. The number of primary amides is 1. The zero-order valence-corrected chi connectivity index (χ0v) is 15.7. The van der Waals surface area contributed by atoms with Crippen LogP contribution in [0.5, 0.6) is 0 Å². The number of rotatable bonds is 4. The van der Waals surface area contributed by atoms with Gasteiger partial charge in [-0.2, -0.15) is 5.10 Å². The molecule has 1 saturated heterocycles. The van der Waals surface area contributed by atoms with Crippen molar-refractivity contribution in [3.05, 3.63) is 59.7 Å². The van der Waals surface area contributed by atoms with Gasteiger partial charge < -0.3 is 10.6 Å². The highest BCUT2D eigenvalue weighted by atomic mass is 16.1. The van der Waals surface area contributed by atoms with E-state index in [-0.39, 0.29) is 5.91 Å². The van der Waals surface area contributed by atoms with Gasteiger partial charge in [0.25, 0.3) is 0 Å². The number of nitrogens with two attached hydrogens (primary N) is 1. The van der Waals surface area contributed by atoms with E-state index >= 15 is 0 Å². The van der Waals surface area contributed by atoms with E-state index in [1.54, 1.807) is 0 Å². The number of carbonyl (C=O) groups is 1. The maximum Gasteiger partial charge on any atom is 0.231 e. The van der Waals surface area contributed by atoms with Crippen LogP contribution in [0, 0.1) is 0 Å². The van der Waals surface area contributed by atoms with Crippen molar-refractivity contribution in [2.75, 3.05) is 37.6 Å². The zero-order valence-electron chi connectivity index (χ0n) is 15.7. The van der Waals surface area contributed by atoms with Gasteiger partial charge in [0.05, 0.1) is 17.9 Å². The average Bonchev–Trinajstić information content (AvgIpc) is 3.27. The molecule has 0 atom stereocenters. The molecule has 1 fully saturated rings. The second-order valence-electron chi connectivity index (χ2n) is 7.54. The van der Waals surface area contributed by atoms with E-state index < -0.39 is 0 Å². The molecule has 5 rings (SSSR count). The number of amides is 1. The molecular weight excluding hydrogens is 350 g/mol. The smallest absolute Gasteiger partial charge is 0.231 e. The standard InChI is InChI=1S/C22H23N5O/c23-20(28)14-26-8-10-27(11-9-26)17-6-7-18-16(12-17)13-19-21(24-25-22(18)19)15-4-2-1-3-5-15/h1-7,12H,8-11,13-14H2,(H2,23,28)(H,24,25). The number of aromatic amines is 1. The largest absolute Gasteiger partial charge is 0.369 e. The van der Waals surface area contributed by atoms with E-state index in [9.17, 15) is 4.79 Å². The van der Waals surface area contributed by atoms with Crippen molar-refractivity contribution in [3.8, 4) is 22.5 Å². The number of anilines is 1. The summed E-state index contributed by atoms with van der Waals surface area (Å²) in [5, 5.41) is 7.82.